The van der Waals surface area contributed by atoms with Crippen LogP contribution >= 0.6 is 0 Å². The predicted molar refractivity (Wildman–Crippen MR) is 67.5 cm³/mol. The van der Waals surface area contributed by atoms with Crippen LogP contribution in [0.2, 0.25) is 0 Å². The van der Waals surface area contributed by atoms with Crippen molar-refractivity contribution in [2.24, 2.45) is 7.05 Å². The van der Waals surface area contributed by atoms with Gasteiger partial charge in [0, 0.05) is 19.8 Å². The molecule has 0 saturated carbocycles. The molecule has 1 N–H and O–H groups in total. The first kappa shape index (κ1) is 10.7. The molecule has 0 aliphatic rings. The van der Waals surface area contributed by atoms with E-state index in [0.717, 1.165) is 23.4 Å². The van der Waals surface area contributed by atoms with Crippen LogP contribution in [0.25, 0.3) is 11.2 Å². The Morgan fingerprint density at radius 3 is 2.89 bits per heavy atom. The summed E-state index contributed by atoms with van der Waals surface area (Å²) < 4.78 is 3.71. The fourth-order valence-electron chi connectivity index (χ4n) is 1.83. The maximum absolute atomic E-state index is 4.34. The fourth-order valence-corrected chi connectivity index (χ4v) is 1.83. The summed E-state index contributed by atoms with van der Waals surface area (Å²) in [4.78, 5) is 12.8. The van der Waals surface area contributed by atoms with Crippen LogP contribution in [0.15, 0.2) is 25.0 Å². The Hall–Kier alpha value is -2.44. The molecular weight excluding hydrogens is 230 g/mol. The van der Waals surface area contributed by atoms with Gasteiger partial charge in [-0.2, -0.15) is 5.10 Å². The summed E-state index contributed by atoms with van der Waals surface area (Å²) in [7, 11) is 1.87. The normalized spacial score (nSPS) is 11.0. The number of nitrogens with zero attached hydrogens (tertiary/aromatic N) is 6. The summed E-state index contributed by atoms with van der Waals surface area (Å²) in [5, 5.41) is 7.29. The highest BCUT2D eigenvalue weighted by Gasteiger charge is 2.09. The summed E-state index contributed by atoms with van der Waals surface area (Å²) in [6.45, 7) is 2.89. The zero-order chi connectivity index (χ0) is 12.5. The number of aryl methyl sites for hydroxylation is 2. The zero-order valence-corrected chi connectivity index (χ0v) is 10.2. The van der Waals surface area contributed by atoms with E-state index in [2.05, 4.69) is 32.3 Å². The van der Waals surface area contributed by atoms with E-state index in [0.29, 0.717) is 5.82 Å². The van der Waals surface area contributed by atoms with Crippen LogP contribution in [-0.2, 0) is 13.6 Å². The second-order valence-electron chi connectivity index (χ2n) is 3.95. The molecule has 0 aromatic carbocycles. The van der Waals surface area contributed by atoms with Crippen LogP contribution < -0.4 is 5.32 Å². The van der Waals surface area contributed by atoms with Crippen LogP contribution in [0, 0.1) is 0 Å². The van der Waals surface area contributed by atoms with Crippen molar-refractivity contribution in [2.75, 3.05) is 5.32 Å². The Labute approximate surface area is 104 Å². The maximum Gasteiger partial charge on any atom is 0.165 e. The first-order valence-corrected chi connectivity index (χ1v) is 5.69. The monoisotopic (exact) mass is 243 g/mol. The number of rotatable bonds is 3. The lowest BCUT2D eigenvalue weighted by atomic mass is 10.4. The van der Waals surface area contributed by atoms with Gasteiger partial charge in [-0.15, -0.1) is 0 Å². The number of imidazole rings is 1. The van der Waals surface area contributed by atoms with E-state index in [1.807, 2.05) is 17.8 Å². The average Bonchev–Trinajstić information content (AvgIpc) is 2.96. The number of aromatic nitrogens is 6. The van der Waals surface area contributed by atoms with E-state index in [9.17, 15) is 0 Å². The number of fused-ring (bicyclic) bond motifs is 1. The molecular formula is C11H13N7. The highest BCUT2D eigenvalue weighted by atomic mass is 15.3. The van der Waals surface area contributed by atoms with Gasteiger partial charge in [-0.1, -0.05) is 0 Å². The van der Waals surface area contributed by atoms with Crippen LogP contribution in [0.3, 0.4) is 0 Å². The van der Waals surface area contributed by atoms with Gasteiger partial charge in [-0.05, 0) is 6.92 Å². The summed E-state index contributed by atoms with van der Waals surface area (Å²) in [6, 6.07) is 0. The fraction of sp³-hybridized carbons (Fsp3) is 0.273. The van der Waals surface area contributed by atoms with Gasteiger partial charge in [0.05, 0.1) is 18.2 Å². The average molecular weight is 243 g/mol. The largest absolute Gasteiger partial charge is 0.336 e. The topological polar surface area (TPSA) is 73.5 Å². The van der Waals surface area contributed by atoms with Crippen LogP contribution in [0.1, 0.15) is 6.92 Å². The molecule has 0 spiro atoms. The zero-order valence-electron chi connectivity index (χ0n) is 10.2. The SMILES string of the molecule is CCn1cnc2c(Nc3cnn(C)c3)ncnc21. The molecule has 0 bridgehead atoms. The minimum absolute atomic E-state index is 0.695. The van der Waals surface area contributed by atoms with Crippen LogP contribution in [0.4, 0.5) is 11.5 Å². The first-order valence-electron chi connectivity index (χ1n) is 5.69. The second-order valence-corrected chi connectivity index (χ2v) is 3.95. The number of hydrogen-bond acceptors (Lipinski definition) is 5. The van der Waals surface area contributed by atoms with Gasteiger partial charge >= 0.3 is 0 Å². The highest BCUT2D eigenvalue weighted by Crippen LogP contribution is 2.20. The predicted octanol–water partition coefficient (Wildman–Crippen LogP) is 1.32. The molecule has 0 atom stereocenters. The minimum Gasteiger partial charge on any atom is -0.336 e. The Kier molecular flexibility index (Phi) is 2.44. The Morgan fingerprint density at radius 2 is 2.17 bits per heavy atom. The van der Waals surface area contributed by atoms with E-state index < -0.39 is 0 Å². The minimum atomic E-state index is 0.695. The molecule has 0 saturated heterocycles. The van der Waals surface area contributed by atoms with E-state index in [1.54, 1.807) is 17.2 Å². The summed E-state index contributed by atoms with van der Waals surface area (Å²) in [5.41, 5.74) is 2.48. The highest BCUT2D eigenvalue weighted by molar-refractivity contribution is 5.84. The van der Waals surface area contributed by atoms with Crippen molar-refractivity contribution in [1.82, 2.24) is 29.3 Å². The summed E-state index contributed by atoms with van der Waals surface area (Å²) in [5.74, 6) is 0.695. The first-order chi connectivity index (χ1) is 8.78. The van der Waals surface area contributed by atoms with Gasteiger partial charge in [0.2, 0.25) is 0 Å². The Morgan fingerprint density at radius 1 is 1.28 bits per heavy atom. The van der Waals surface area contributed by atoms with Gasteiger partial charge in [0.25, 0.3) is 0 Å². The Balaban J connectivity index is 2.04. The van der Waals surface area contributed by atoms with E-state index in [-0.39, 0.29) is 0 Å². The van der Waals surface area contributed by atoms with Gasteiger partial charge in [0.15, 0.2) is 17.0 Å². The van der Waals surface area contributed by atoms with E-state index >= 15 is 0 Å². The molecule has 3 heterocycles. The van der Waals surface area contributed by atoms with Crippen molar-refractivity contribution < 1.29 is 0 Å². The molecule has 7 heteroatoms. The third kappa shape index (κ3) is 1.69. The third-order valence-corrected chi connectivity index (χ3v) is 2.71. The number of hydrogen-bond donors (Lipinski definition) is 1. The third-order valence-electron chi connectivity index (χ3n) is 2.71. The molecule has 0 radical (unpaired) electrons. The van der Waals surface area contributed by atoms with Gasteiger partial charge in [-0.3, -0.25) is 4.68 Å². The molecule has 0 aliphatic heterocycles. The van der Waals surface area contributed by atoms with Gasteiger partial charge in [0.1, 0.15) is 6.33 Å². The van der Waals surface area contributed by atoms with Crippen LogP contribution in [-0.4, -0.2) is 29.3 Å². The van der Waals surface area contributed by atoms with Crippen molar-refractivity contribution in [3.05, 3.63) is 25.0 Å². The molecule has 0 aliphatic carbocycles. The lowest BCUT2D eigenvalue weighted by Crippen LogP contribution is -1.97. The van der Waals surface area contributed by atoms with Crippen molar-refractivity contribution in [2.45, 2.75) is 13.5 Å². The molecule has 3 aromatic rings. The van der Waals surface area contributed by atoms with E-state index in [4.69, 9.17) is 0 Å². The molecule has 7 nitrogen and oxygen atoms in total. The van der Waals surface area contributed by atoms with Gasteiger partial charge < -0.3 is 9.88 Å². The standard InChI is InChI=1S/C11H13N7/c1-3-18-7-14-9-10(12-6-13-11(9)18)16-8-4-15-17(2)5-8/h4-7H,3H2,1-2H3,(H,12,13,16). The molecule has 0 unspecified atom stereocenters. The summed E-state index contributed by atoms with van der Waals surface area (Å²) >= 11 is 0. The summed E-state index contributed by atoms with van der Waals surface area (Å²) in [6.07, 6.45) is 6.93. The maximum atomic E-state index is 4.34. The molecule has 0 fully saturated rings. The number of anilines is 2. The van der Waals surface area contributed by atoms with E-state index in [1.165, 1.54) is 6.33 Å². The lowest BCUT2D eigenvalue weighted by Gasteiger charge is -2.03. The van der Waals surface area contributed by atoms with Crippen LogP contribution in [0.5, 0.6) is 0 Å². The van der Waals surface area contributed by atoms with Crippen molar-refractivity contribution >= 4 is 22.7 Å². The smallest absolute Gasteiger partial charge is 0.165 e. The van der Waals surface area contributed by atoms with Crippen molar-refractivity contribution in [1.29, 1.82) is 0 Å². The molecule has 0 amide bonds. The molecule has 3 aromatic heterocycles. The number of nitrogens with one attached hydrogen (secondary N) is 1. The molecule has 3 rings (SSSR count). The van der Waals surface area contributed by atoms with Crippen molar-refractivity contribution in [3.63, 3.8) is 0 Å². The lowest BCUT2D eigenvalue weighted by molar-refractivity contribution is 0.768. The van der Waals surface area contributed by atoms with Gasteiger partial charge in [-0.25, -0.2) is 15.0 Å². The second kappa shape index (κ2) is 4.10. The van der Waals surface area contributed by atoms with Crippen molar-refractivity contribution in [3.8, 4) is 0 Å². The molecule has 92 valence electrons. The Bertz CT molecular complexity index is 682. The quantitative estimate of drug-likeness (QED) is 0.751. The molecule has 18 heavy (non-hydrogen) atoms.